The van der Waals surface area contributed by atoms with Crippen LogP contribution in [0.1, 0.15) is 33.6 Å². The Morgan fingerprint density at radius 2 is 2.21 bits per heavy atom. The zero-order valence-electron chi connectivity index (χ0n) is 9.00. The Morgan fingerprint density at radius 3 is 2.64 bits per heavy atom. The van der Waals surface area contributed by atoms with Crippen LogP contribution in [-0.2, 0) is 4.79 Å². The molecule has 80 valence electrons. The van der Waals surface area contributed by atoms with Gasteiger partial charge in [0.25, 0.3) is 0 Å². The van der Waals surface area contributed by atoms with Crippen molar-refractivity contribution in [1.82, 2.24) is 5.32 Å². The van der Waals surface area contributed by atoms with Crippen LogP contribution in [0.25, 0.3) is 0 Å². The van der Waals surface area contributed by atoms with Crippen molar-refractivity contribution < 1.29 is 9.90 Å². The molecule has 4 nitrogen and oxygen atoms in total. The van der Waals surface area contributed by atoms with Gasteiger partial charge in [-0.25, -0.2) is 0 Å². The lowest BCUT2D eigenvalue weighted by Crippen LogP contribution is -2.34. The fourth-order valence-corrected chi connectivity index (χ4v) is 0.992. The van der Waals surface area contributed by atoms with E-state index in [9.17, 15) is 4.79 Å². The summed E-state index contributed by atoms with van der Waals surface area (Å²) in [5, 5.41) is 20.2. The SMILES string of the molecule is CC(NCCCC(C)(C)C#N)C(=O)O. The highest BCUT2D eigenvalue weighted by Crippen LogP contribution is 2.19. The van der Waals surface area contributed by atoms with Crippen molar-refractivity contribution in [3.05, 3.63) is 0 Å². The molecule has 14 heavy (non-hydrogen) atoms. The summed E-state index contributed by atoms with van der Waals surface area (Å²) < 4.78 is 0. The van der Waals surface area contributed by atoms with Crippen LogP contribution in [0.2, 0.25) is 0 Å². The average molecular weight is 198 g/mol. The van der Waals surface area contributed by atoms with Gasteiger partial charge in [0.15, 0.2) is 0 Å². The molecule has 0 aromatic rings. The summed E-state index contributed by atoms with van der Waals surface area (Å²) >= 11 is 0. The van der Waals surface area contributed by atoms with E-state index in [4.69, 9.17) is 10.4 Å². The van der Waals surface area contributed by atoms with E-state index in [0.717, 1.165) is 12.8 Å². The molecule has 4 heteroatoms. The molecule has 0 saturated heterocycles. The van der Waals surface area contributed by atoms with Gasteiger partial charge in [-0.05, 0) is 40.2 Å². The van der Waals surface area contributed by atoms with E-state index in [2.05, 4.69) is 11.4 Å². The second kappa shape index (κ2) is 5.61. The maximum absolute atomic E-state index is 10.4. The van der Waals surface area contributed by atoms with E-state index in [1.165, 1.54) is 0 Å². The molecule has 0 bridgehead atoms. The second-order valence-corrected chi connectivity index (χ2v) is 4.11. The summed E-state index contributed by atoms with van der Waals surface area (Å²) in [5.74, 6) is -0.843. The van der Waals surface area contributed by atoms with E-state index in [0.29, 0.717) is 6.54 Å². The average Bonchev–Trinajstić information content (AvgIpc) is 2.12. The van der Waals surface area contributed by atoms with Crippen LogP contribution in [0.15, 0.2) is 0 Å². The highest BCUT2D eigenvalue weighted by atomic mass is 16.4. The van der Waals surface area contributed by atoms with Crippen molar-refractivity contribution in [3.8, 4) is 6.07 Å². The molecule has 0 aromatic carbocycles. The number of aliphatic carboxylic acids is 1. The molecule has 0 heterocycles. The van der Waals surface area contributed by atoms with Crippen LogP contribution in [0.3, 0.4) is 0 Å². The fraction of sp³-hybridized carbons (Fsp3) is 0.800. The summed E-state index contributed by atoms with van der Waals surface area (Å²) in [6, 6.07) is 1.69. The van der Waals surface area contributed by atoms with Gasteiger partial charge in [-0.1, -0.05) is 0 Å². The molecule has 0 aliphatic heterocycles. The van der Waals surface area contributed by atoms with Crippen molar-refractivity contribution in [2.75, 3.05) is 6.54 Å². The molecule has 0 fully saturated rings. The van der Waals surface area contributed by atoms with Crippen molar-refractivity contribution in [2.45, 2.75) is 39.7 Å². The third-order valence-electron chi connectivity index (χ3n) is 2.10. The number of nitrogens with zero attached hydrogens (tertiary/aromatic N) is 1. The summed E-state index contributed by atoms with van der Waals surface area (Å²) in [6.07, 6.45) is 1.60. The molecule has 0 aliphatic carbocycles. The lowest BCUT2D eigenvalue weighted by molar-refractivity contribution is -0.138. The topological polar surface area (TPSA) is 73.1 Å². The van der Waals surface area contributed by atoms with Crippen molar-refractivity contribution >= 4 is 5.97 Å². The van der Waals surface area contributed by atoms with Crippen LogP contribution in [0, 0.1) is 16.7 Å². The monoisotopic (exact) mass is 198 g/mol. The molecule has 0 rings (SSSR count). The number of nitrogens with one attached hydrogen (secondary N) is 1. The first-order chi connectivity index (χ1) is 6.39. The number of nitriles is 1. The minimum atomic E-state index is -0.843. The summed E-state index contributed by atoms with van der Waals surface area (Å²) in [4.78, 5) is 10.4. The molecular formula is C10H18N2O2. The second-order valence-electron chi connectivity index (χ2n) is 4.11. The Balaban J connectivity index is 3.58. The van der Waals surface area contributed by atoms with Crippen molar-refractivity contribution in [1.29, 1.82) is 5.26 Å². The van der Waals surface area contributed by atoms with E-state index >= 15 is 0 Å². The maximum atomic E-state index is 10.4. The molecule has 0 radical (unpaired) electrons. The minimum Gasteiger partial charge on any atom is -0.480 e. The van der Waals surface area contributed by atoms with Crippen LogP contribution >= 0.6 is 0 Å². The Morgan fingerprint density at radius 1 is 1.64 bits per heavy atom. The first-order valence-corrected chi connectivity index (χ1v) is 4.76. The lowest BCUT2D eigenvalue weighted by Gasteiger charge is -2.15. The molecule has 2 N–H and O–H groups in total. The Labute approximate surface area is 84.9 Å². The van der Waals surface area contributed by atoms with Crippen LogP contribution in [0.5, 0.6) is 0 Å². The van der Waals surface area contributed by atoms with E-state index in [1.807, 2.05) is 13.8 Å². The standard InChI is InChI=1S/C10H18N2O2/c1-8(9(13)14)12-6-4-5-10(2,3)7-11/h8,12H,4-6H2,1-3H3,(H,13,14). The normalized spacial score (nSPS) is 13.3. The van der Waals surface area contributed by atoms with E-state index in [-0.39, 0.29) is 5.41 Å². The molecule has 0 spiro atoms. The lowest BCUT2D eigenvalue weighted by atomic mass is 9.90. The van der Waals surface area contributed by atoms with Gasteiger partial charge >= 0.3 is 5.97 Å². The van der Waals surface area contributed by atoms with E-state index in [1.54, 1.807) is 6.92 Å². The first kappa shape index (κ1) is 12.9. The van der Waals surface area contributed by atoms with Crippen LogP contribution in [-0.4, -0.2) is 23.7 Å². The molecular weight excluding hydrogens is 180 g/mol. The molecule has 0 aliphatic rings. The van der Waals surface area contributed by atoms with Gasteiger partial charge in [-0.15, -0.1) is 0 Å². The quantitative estimate of drug-likeness (QED) is 0.632. The zero-order valence-corrected chi connectivity index (χ0v) is 9.00. The summed E-state index contributed by atoms with van der Waals surface area (Å²) in [7, 11) is 0. The fourth-order valence-electron chi connectivity index (χ4n) is 0.992. The Hall–Kier alpha value is -1.08. The van der Waals surface area contributed by atoms with Gasteiger partial charge in [0, 0.05) is 0 Å². The van der Waals surface area contributed by atoms with Crippen molar-refractivity contribution in [3.63, 3.8) is 0 Å². The molecule has 1 atom stereocenters. The number of carbonyl (C=O) groups is 1. The smallest absolute Gasteiger partial charge is 0.320 e. The number of carboxylic acids is 1. The van der Waals surface area contributed by atoms with Gasteiger partial charge in [0.2, 0.25) is 0 Å². The Bertz CT molecular complexity index is 231. The van der Waals surface area contributed by atoms with Gasteiger partial charge in [-0.3, -0.25) is 4.79 Å². The number of carboxylic acid groups (broad SMARTS) is 1. The summed E-state index contributed by atoms with van der Waals surface area (Å²) in [5.41, 5.74) is -0.311. The summed E-state index contributed by atoms with van der Waals surface area (Å²) in [6.45, 7) is 6.01. The molecule has 0 aromatic heterocycles. The van der Waals surface area contributed by atoms with E-state index < -0.39 is 12.0 Å². The highest BCUT2D eigenvalue weighted by molar-refractivity contribution is 5.72. The Kier molecular flexibility index (Phi) is 5.18. The number of rotatable bonds is 6. The third-order valence-corrected chi connectivity index (χ3v) is 2.10. The number of hydrogen-bond acceptors (Lipinski definition) is 3. The minimum absolute atomic E-state index is 0.311. The predicted molar refractivity (Wildman–Crippen MR) is 53.7 cm³/mol. The predicted octanol–water partition coefficient (Wildman–Crippen LogP) is 1.38. The van der Waals surface area contributed by atoms with Gasteiger partial charge in [0.1, 0.15) is 6.04 Å². The van der Waals surface area contributed by atoms with Gasteiger partial charge < -0.3 is 10.4 Å². The van der Waals surface area contributed by atoms with Gasteiger partial charge in [-0.2, -0.15) is 5.26 Å². The van der Waals surface area contributed by atoms with Crippen LogP contribution < -0.4 is 5.32 Å². The molecule has 0 saturated carbocycles. The first-order valence-electron chi connectivity index (χ1n) is 4.76. The largest absolute Gasteiger partial charge is 0.480 e. The van der Waals surface area contributed by atoms with Gasteiger partial charge in [0.05, 0.1) is 11.5 Å². The third kappa shape index (κ3) is 5.55. The number of hydrogen-bond donors (Lipinski definition) is 2. The molecule has 0 amide bonds. The maximum Gasteiger partial charge on any atom is 0.320 e. The zero-order chi connectivity index (χ0) is 11.2. The van der Waals surface area contributed by atoms with Crippen LogP contribution in [0.4, 0.5) is 0 Å². The highest BCUT2D eigenvalue weighted by Gasteiger charge is 2.16. The molecule has 1 unspecified atom stereocenters. The van der Waals surface area contributed by atoms with Crippen molar-refractivity contribution in [2.24, 2.45) is 5.41 Å².